The van der Waals surface area contributed by atoms with Crippen molar-refractivity contribution in [1.82, 2.24) is 19.9 Å². The SMILES string of the molecule is C[C@H]1COCCN1c1cc(-c2ccncc2F)cnc1O[C@H]1C[C@@H](C(=O)O)N(c2nc(C(F)(F)F)nc3c2oc2ccccc23)C1. The molecule has 0 unspecified atom stereocenters. The second-order valence-corrected chi connectivity index (χ2v) is 11.1. The molecule has 4 aromatic heterocycles. The molecule has 11 nitrogen and oxygen atoms in total. The molecule has 3 atom stereocenters. The normalized spacial score (nSPS) is 20.5. The number of nitrogens with zero attached hydrogens (tertiary/aromatic N) is 6. The minimum Gasteiger partial charge on any atom is -0.480 e. The van der Waals surface area contributed by atoms with E-state index in [0.29, 0.717) is 36.4 Å². The highest BCUT2D eigenvalue weighted by molar-refractivity contribution is 6.06. The summed E-state index contributed by atoms with van der Waals surface area (Å²) in [6.07, 6.45) is -1.80. The molecule has 0 saturated carbocycles. The molecule has 0 radical (unpaired) electrons. The van der Waals surface area contributed by atoms with E-state index >= 15 is 0 Å². The minimum atomic E-state index is -4.90. The van der Waals surface area contributed by atoms with Crippen molar-refractivity contribution < 1.29 is 41.4 Å². The van der Waals surface area contributed by atoms with Gasteiger partial charge in [-0.2, -0.15) is 13.2 Å². The van der Waals surface area contributed by atoms with Crippen LogP contribution in [0.1, 0.15) is 19.2 Å². The summed E-state index contributed by atoms with van der Waals surface area (Å²) in [5.74, 6) is -3.36. The molecular weight excluding hydrogens is 612 g/mol. The van der Waals surface area contributed by atoms with E-state index in [4.69, 9.17) is 13.9 Å². The van der Waals surface area contributed by atoms with Crippen LogP contribution in [0.15, 0.2) is 59.4 Å². The van der Waals surface area contributed by atoms with E-state index in [9.17, 15) is 27.5 Å². The lowest BCUT2D eigenvalue weighted by Crippen LogP contribution is -2.44. The van der Waals surface area contributed by atoms with Gasteiger partial charge in [-0.3, -0.25) is 4.98 Å². The standard InChI is InChI=1S/C31H26F4N6O5/c1-16-15-44-9-8-40(16)22-10-17(19-6-7-36-13-21(19)32)12-37-28(22)45-18-11-23(29(42)43)41(14-18)27-26-25(38-30(39-27)31(33,34)35)20-4-2-3-5-24(20)46-26/h2-7,10,12-13,16,18,23H,8-9,11,14-15H2,1H3,(H,42,43)/t16-,18-,23-/m0/s1. The number of carbonyl (C=O) groups is 1. The third kappa shape index (κ3) is 5.29. The highest BCUT2D eigenvalue weighted by atomic mass is 19.4. The zero-order valence-corrected chi connectivity index (χ0v) is 24.2. The van der Waals surface area contributed by atoms with Gasteiger partial charge in [-0.1, -0.05) is 12.1 Å². The van der Waals surface area contributed by atoms with Gasteiger partial charge < -0.3 is 28.8 Å². The Morgan fingerprint density at radius 1 is 1.13 bits per heavy atom. The van der Waals surface area contributed by atoms with Gasteiger partial charge in [-0.15, -0.1) is 0 Å². The monoisotopic (exact) mass is 638 g/mol. The van der Waals surface area contributed by atoms with Crippen molar-refractivity contribution in [2.45, 2.75) is 37.7 Å². The molecule has 0 spiro atoms. The Kier molecular flexibility index (Phi) is 7.34. The fourth-order valence-corrected chi connectivity index (χ4v) is 5.99. The largest absolute Gasteiger partial charge is 0.480 e. The summed E-state index contributed by atoms with van der Waals surface area (Å²) in [5.41, 5.74) is 1.44. The lowest BCUT2D eigenvalue weighted by atomic mass is 10.1. The predicted octanol–water partition coefficient (Wildman–Crippen LogP) is 5.33. The molecule has 15 heteroatoms. The number of para-hydroxylation sites is 1. The Hall–Kier alpha value is -5.05. The molecule has 2 aliphatic heterocycles. The maximum Gasteiger partial charge on any atom is 0.451 e. The zero-order chi connectivity index (χ0) is 32.2. The average Bonchev–Trinajstić information content (AvgIpc) is 3.63. The first-order valence-electron chi connectivity index (χ1n) is 14.5. The van der Waals surface area contributed by atoms with Crippen molar-refractivity contribution in [1.29, 1.82) is 0 Å². The third-order valence-electron chi connectivity index (χ3n) is 8.15. The van der Waals surface area contributed by atoms with Gasteiger partial charge in [-0.05, 0) is 31.2 Å². The van der Waals surface area contributed by atoms with Crippen LogP contribution in [-0.2, 0) is 15.7 Å². The summed E-state index contributed by atoms with van der Waals surface area (Å²) in [6, 6.07) is 8.34. The number of fused-ring (bicyclic) bond motifs is 3. The van der Waals surface area contributed by atoms with Crippen LogP contribution in [0.3, 0.4) is 0 Å². The van der Waals surface area contributed by atoms with Gasteiger partial charge in [0.05, 0.1) is 26.0 Å². The minimum absolute atomic E-state index is 0.0641. The van der Waals surface area contributed by atoms with Crippen molar-refractivity contribution in [3.05, 3.63) is 66.6 Å². The fraction of sp³-hybridized carbons (Fsp3) is 0.323. The third-order valence-corrected chi connectivity index (χ3v) is 8.15. The number of aliphatic carboxylic acids is 1. The summed E-state index contributed by atoms with van der Waals surface area (Å²) in [6.45, 7) is 3.15. The molecule has 0 bridgehead atoms. The Morgan fingerprint density at radius 2 is 1.96 bits per heavy atom. The first-order valence-corrected chi connectivity index (χ1v) is 14.5. The Morgan fingerprint density at radius 3 is 2.72 bits per heavy atom. The van der Waals surface area contributed by atoms with Gasteiger partial charge in [0.25, 0.3) is 0 Å². The fourth-order valence-electron chi connectivity index (χ4n) is 5.99. The molecule has 0 aliphatic carbocycles. The Labute approximate surface area is 258 Å². The molecule has 2 fully saturated rings. The van der Waals surface area contributed by atoms with Gasteiger partial charge in [-0.25, -0.2) is 24.1 Å². The van der Waals surface area contributed by atoms with Crippen molar-refractivity contribution >= 4 is 39.5 Å². The highest BCUT2D eigenvalue weighted by Crippen LogP contribution is 2.40. The van der Waals surface area contributed by atoms with Gasteiger partial charge in [0.2, 0.25) is 11.7 Å². The predicted molar refractivity (Wildman–Crippen MR) is 157 cm³/mol. The number of furan rings is 1. The van der Waals surface area contributed by atoms with E-state index in [1.54, 1.807) is 30.3 Å². The number of carboxylic acid groups (broad SMARTS) is 1. The topological polar surface area (TPSA) is 127 Å². The van der Waals surface area contributed by atoms with E-state index in [1.165, 1.54) is 23.4 Å². The van der Waals surface area contributed by atoms with Crippen molar-refractivity contribution in [3.63, 3.8) is 0 Å². The van der Waals surface area contributed by atoms with Crippen LogP contribution >= 0.6 is 0 Å². The molecule has 238 valence electrons. The lowest BCUT2D eigenvalue weighted by molar-refractivity contribution is -0.144. The van der Waals surface area contributed by atoms with Gasteiger partial charge in [0, 0.05) is 47.9 Å². The van der Waals surface area contributed by atoms with E-state index in [-0.39, 0.29) is 53.0 Å². The average molecular weight is 639 g/mol. The van der Waals surface area contributed by atoms with Crippen molar-refractivity contribution in [2.24, 2.45) is 0 Å². The molecule has 46 heavy (non-hydrogen) atoms. The summed E-state index contributed by atoms with van der Waals surface area (Å²) < 4.78 is 74.4. The molecule has 0 amide bonds. The van der Waals surface area contributed by atoms with E-state index < -0.39 is 35.9 Å². The van der Waals surface area contributed by atoms with Crippen LogP contribution in [0.25, 0.3) is 33.2 Å². The smallest absolute Gasteiger partial charge is 0.451 e. The molecule has 7 rings (SSSR count). The first kappa shape index (κ1) is 29.6. The molecule has 2 saturated heterocycles. The van der Waals surface area contributed by atoms with E-state index in [2.05, 4.69) is 19.9 Å². The van der Waals surface area contributed by atoms with Crippen LogP contribution in [-0.4, -0.2) is 75.5 Å². The zero-order valence-electron chi connectivity index (χ0n) is 24.2. The number of aromatic nitrogens is 4. The molecule has 1 aromatic carbocycles. The summed E-state index contributed by atoms with van der Waals surface area (Å²) in [7, 11) is 0. The second kappa shape index (κ2) is 11.4. The van der Waals surface area contributed by atoms with Crippen LogP contribution in [0.5, 0.6) is 5.88 Å². The Bertz CT molecular complexity index is 1950. The number of hydrogen-bond acceptors (Lipinski definition) is 10. The van der Waals surface area contributed by atoms with E-state index in [1.807, 2.05) is 11.8 Å². The van der Waals surface area contributed by atoms with Gasteiger partial charge in [0.15, 0.2) is 11.4 Å². The Balaban J connectivity index is 1.28. The molecule has 5 aromatic rings. The van der Waals surface area contributed by atoms with Crippen LogP contribution in [0.2, 0.25) is 0 Å². The van der Waals surface area contributed by atoms with Crippen molar-refractivity contribution in [2.75, 3.05) is 36.1 Å². The number of anilines is 2. The number of rotatable bonds is 6. The van der Waals surface area contributed by atoms with Gasteiger partial charge in [0.1, 0.15) is 34.8 Å². The number of halogens is 4. The number of ether oxygens (including phenoxy) is 2. The summed E-state index contributed by atoms with van der Waals surface area (Å²) >= 11 is 0. The molecule has 6 heterocycles. The molecule has 1 N–H and O–H groups in total. The summed E-state index contributed by atoms with van der Waals surface area (Å²) in [4.78, 5) is 31.6. The van der Waals surface area contributed by atoms with Crippen LogP contribution in [0, 0.1) is 5.82 Å². The number of hydrogen-bond donors (Lipinski definition) is 1. The number of morpholine rings is 1. The van der Waals surface area contributed by atoms with Crippen molar-refractivity contribution in [3.8, 4) is 17.0 Å². The number of pyridine rings is 2. The quantitative estimate of drug-likeness (QED) is 0.243. The maximum atomic E-state index is 14.7. The summed E-state index contributed by atoms with van der Waals surface area (Å²) in [5, 5.41) is 10.5. The van der Waals surface area contributed by atoms with Crippen LogP contribution in [0.4, 0.5) is 29.1 Å². The van der Waals surface area contributed by atoms with Gasteiger partial charge >= 0.3 is 12.1 Å². The van der Waals surface area contributed by atoms with E-state index in [0.717, 1.165) is 6.20 Å². The van der Waals surface area contributed by atoms with Crippen LogP contribution < -0.4 is 14.5 Å². The number of alkyl halides is 3. The number of benzene rings is 1. The molecular formula is C31H26F4N6O5. The highest BCUT2D eigenvalue weighted by Gasteiger charge is 2.43. The second-order valence-electron chi connectivity index (χ2n) is 11.1. The maximum absolute atomic E-state index is 14.7. The number of carboxylic acids is 1. The lowest BCUT2D eigenvalue weighted by Gasteiger charge is -2.36. The first-order chi connectivity index (χ1) is 22.1. The molecule has 2 aliphatic rings.